The van der Waals surface area contributed by atoms with Crippen molar-refractivity contribution in [2.45, 2.75) is 45.1 Å². The number of fused-ring (bicyclic) bond motifs is 1. The highest BCUT2D eigenvalue weighted by atomic mass is 16.4. The summed E-state index contributed by atoms with van der Waals surface area (Å²) in [6.07, 6.45) is 4.99. The molecule has 2 aliphatic carbocycles. The van der Waals surface area contributed by atoms with Gasteiger partial charge in [0.05, 0.1) is 16.6 Å². The molecule has 0 amide bonds. The summed E-state index contributed by atoms with van der Waals surface area (Å²) in [4.78, 5) is 15.8. The van der Waals surface area contributed by atoms with Crippen molar-refractivity contribution < 1.29 is 9.90 Å². The summed E-state index contributed by atoms with van der Waals surface area (Å²) in [7, 11) is 0. The second kappa shape index (κ2) is 3.84. The molecule has 4 nitrogen and oxygen atoms in total. The molecule has 4 heteroatoms. The number of benzene rings is 1. The first-order valence-corrected chi connectivity index (χ1v) is 7.29. The van der Waals surface area contributed by atoms with Gasteiger partial charge in [-0.25, -0.2) is 9.78 Å². The van der Waals surface area contributed by atoms with Gasteiger partial charge in [0.2, 0.25) is 0 Å². The number of carboxylic acids is 1. The molecule has 0 atom stereocenters. The lowest BCUT2D eigenvalue weighted by Crippen LogP contribution is -2.10. The molecule has 1 aromatic carbocycles. The molecule has 0 spiro atoms. The van der Waals surface area contributed by atoms with Crippen molar-refractivity contribution in [2.75, 3.05) is 0 Å². The van der Waals surface area contributed by atoms with E-state index in [-0.39, 0.29) is 0 Å². The van der Waals surface area contributed by atoms with Crippen LogP contribution in [-0.4, -0.2) is 20.6 Å². The van der Waals surface area contributed by atoms with Crippen molar-refractivity contribution in [3.05, 3.63) is 29.6 Å². The summed E-state index contributed by atoms with van der Waals surface area (Å²) in [5.74, 6) is 0.859. The minimum atomic E-state index is -0.886. The third-order valence-electron chi connectivity index (χ3n) is 4.61. The van der Waals surface area contributed by atoms with Crippen LogP contribution in [0.15, 0.2) is 18.2 Å². The molecule has 0 bridgehead atoms. The van der Waals surface area contributed by atoms with Crippen LogP contribution in [0.4, 0.5) is 0 Å². The van der Waals surface area contributed by atoms with Crippen molar-refractivity contribution >= 4 is 17.0 Å². The van der Waals surface area contributed by atoms with Gasteiger partial charge in [-0.05, 0) is 49.3 Å². The SMILES string of the molecule is CC1(Cn2c(C3CC3)nc3cc(C(=O)O)ccc32)CC1. The fraction of sp³-hybridized carbons (Fsp3) is 0.500. The Hall–Kier alpha value is -1.84. The third kappa shape index (κ3) is 1.90. The lowest BCUT2D eigenvalue weighted by Gasteiger charge is -2.13. The topological polar surface area (TPSA) is 55.1 Å². The number of aromatic carboxylic acids is 1. The van der Waals surface area contributed by atoms with E-state index in [1.54, 1.807) is 12.1 Å². The van der Waals surface area contributed by atoms with Crippen molar-refractivity contribution in [2.24, 2.45) is 5.41 Å². The molecule has 0 radical (unpaired) electrons. The van der Waals surface area contributed by atoms with Crippen molar-refractivity contribution in [1.29, 1.82) is 0 Å². The zero-order chi connectivity index (χ0) is 13.9. The van der Waals surface area contributed by atoms with Crippen LogP contribution in [-0.2, 0) is 6.54 Å². The second-order valence-corrected chi connectivity index (χ2v) is 6.65. The van der Waals surface area contributed by atoms with Gasteiger partial charge in [-0.1, -0.05) is 6.92 Å². The number of hydrogen-bond donors (Lipinski definition) is 1. The van der Waals surface area contributed by atoms with Gasteiger partial charge in [-0.3, -0.25) is 0 Å². The van der Waals surface area contributed by atoms with E-state index in [1.165, 1.54) is 25.7 Å². The quantitative estimate of drug-likeness (QED) is 0.926. The first kappa shape index (κ1) is 11.9. The minimum Gasteiger partial charge on any atom is -0.478 e. The van der Waals surface area contributed by atoms with E-state index in [0.29, 0.717) is 16.9 Å². The highest BCUT2D eigenvalue weighted by molar-refractivity contribution is 5.92. The number of aromatic nitrogens is 2. The fourth-order valence-corrected chi connectivity index (χ4v) is 2.85. The van der Waals surface area contributed by atoms with E-state index in [9.17, 15) is 4.79 Å². The molecule has 0 unspecified atom stereocenters. The maximum atomic E-state index is 11.1. The third-order valence-corrected chi connectivity index (χ3v) is 4.61. The Morgan fingerprint density at radius 3 is 2.80 bits per heavy atom. The van der Waals surface area contributed by atoms with Crippen LogP contribution >= 0.6 is 0 Å². The average molecular weight is 270 g/mol. The van der Waals surface area contributed by atoms with Gasteiger partial charge in [0.15, 0.2) is 0 Å². The number of hydrogen-bond acceptors (Lipinski definition) is 2. The van der Waals surface area contributed by atoms with E-state index >= 15 is 0 Å². The van der Waals surface area contributed by atoms with E-state index in [1.807, 2.05) is 6.07 Å². The Bertz CT molecular complexity index is 709. The molecule has 20 heavy (non-hydrogen) atoms. The number of nitrogens with zero attached hydrogens (tertiary/aromatic N) is 2. The minimum absolute atomic E-state index is 0.321. The predicted octanol–water partition coefficient (Wildman–Crippen LogP) is 3.41. The van der Waals surface area contributed by atoms with Gasteiger partial charge in [0.1, 0.15) is 5.82 Å². The van der Waals surface area contributed by atoms with Gasteiger partial charge < -0.3 is 9.67 Å². The lowest BCUT2D eigenvalue weighted by molar-refractivity contribution is 0.0697. The molecule has 2 fully saturated rings. The van der Waals surface area contributed by atoms with Crippen LogP contribution in [0.2, 0.25) is 0 Å². The summed E-state index contributed by atoms with van der Waals surface area (Å²) in [6, 6.07) is 5.31. The van der Waals surface area contributed by atoms with Gasteiger partial charge in [0, 0.05) is 12.5 Å². The Kier molecular flexibility index (Phi) is 2.29. The predicted molar refractivity (Wildman–Crippen MR) is 76.0 cm³/mol. The molecule has 2 saturated carbocycles. The molecule has 1 heterocycles. The van der Waals surface area contributed by atoms with Crippen LogP contribution in [0.1, 0.15) is 54.7 Å². The first-order chi connectivity index (χ1) is 9.56. The molecule has 1 N–H and O–H groups in total. The Morgan fingerprint density at radius 2 is 2.20 bits per heavy atom. The first-order valence-electron chi connectivity index (χ1n) is 7.29. The Morgan fingerprint density at radius 1 is 1.45 bits per heavy atom. The van der Waals surface area contributed by atoms with Crippen LogP contribution in [0.3, 0.4) is 0 Å². The molecular weight excluding hydrogens is 252 g/mol. The maximum Gasteiger partial charge on any atom is 0.335 e. The molecular formula is C16H18N2O2. The molecule has 2 aliphatic rings. The monoisotopic (exact) mass is 270 g/mol. The smallest absolute Gasteiger partial charge is 0.335 e. The summed E-state index contributed by atoms with van der Waals surface area (Å²) in [6.45, 7) is 3.34. The van der Waals surface area contributed by atoms with Crippen LogP contribution < -0.4 is 0 Å². The van der Waals surface area contributed by atoms with Crippen molar-refractivity contribution in [3.8, 4) is 0 Å². The normalized spacial score (nSPS) is 20.2. The van der Waals surface area contributed by atoms with E-state index in [0.717, 1.165) is 23.4 Å². The average Bonchev–Trinajstić information content (AvgIpc) is 3.32. The maximum absolute atomic E-state index is 11.1. The number of carboxylic acid groups (broad SMARTS) is 1. The van der Waals surface area contributed by atoms with Gasteiger partial charge in [-0.15, -0.1) is 0 Å². The highest BCUT2D eigenvalue weighted by Gasteiger charge is 2.40. The molecule has 0 saturated heterocycles. The van der Waals surface area contributed by atoms with E-state index < -0.39 is 5.97 Å². The van der Waals surface area contributed by atoms with E-state index in [2.05, 4.69) is 11.5 Å². The van der Waals surface area contributed by atoms with Crippen LogP contribution in [0.5, 0.6) is 0 Å². The number of rotatable bonds is 4. The molecule has 1 aromatic heterocycles. The number of imidazole rings is 1. The standard InChI is InChI=1S/C16H18N2O2/c1-16(6-7-16)9-18-13-5-4-11(15(19)20)8-12(13)17-14(18)10-2-3-10/h4-5,8,10H,2-3,6-7,9H2,1H3,(H,19,20). The Balaban J connectivity index is 1.85. The summed E-state index contributed by atoms with van der Waals surface area (Å²) in [5, 5.41) is 9.10. The van der Waals surface area contributed by atoms with Gasteiger partial charge in [-0.2, -0.15) is 0 Å². The summed E-state index contributed by atoms with van der Waals surface area (Å²) >= 11 is 0. The zero-order valence-electron chi connectivity index (χ0n) is 11.6. The van der Waals surface area contributed by atoms with Gasteiger partial charge >= 0.3 is 5.97 Å². The Labute approximate surface area is 117 Å². The largest absolute Gasteiger partial charge is 0.478 e. The summed E-state index contributed by atoms with van der Waals surface area (Å²) < 4.78 is 2.34. The molecule has 4 rings (SSSR count). The van der Waals surface area contributed by atoms with Crippen molar-refractivity contribution in [3.63, 3.8) is 0 Å². The molecule has 2 aromatic rings. The van der Waals surface area contributed by atoms with Crippen LogP contribution in [0, 0.1) is 5.41 Å². The lowest BCUT2D eigenvalue weighted by atomic mass is 10.1. The fourth-order valence-electron chi connectivity index (χ4n) is 2.85. The highest BCUT2D eigenvalue weighted by Crippen LogP contribution is 2.49. The summed E-state index contributed by atoms with van der Waals surface area (Å²) in [5.41, 5.74) is 2.66. The van der Waals surface area contributed by atoms with Gasteiger partial charge in [0.25, 0.3) is 0 Å². The second-order valence-electron chi connectivity index (χ2n) is 6.65. The number of carbonyl (C=O) groups is 1. The zero-order valence-corrected chi connectivity index (χ0v) is 11.6. The van der Waals surface area contributed by atoms with Crippen molar-refractivity contribution in [1.82, 2.24) is 9.55 Å². The van der Waals surface area contributed by atoms with E-state index in [4.69, 9.17) is 10.1 Å². The van der Waals surface area contributed by atoms with Crippen LogP contribution in [0.25, 0.3) is 11.0 Å². The molecule has 0 aliphatic heterocycles. The molecule has 104 valence electrons.